The number of nitrogens with zero attached hydrogens (tertiary/aromatic N) is 2. The molecule has 8 rings (SSSR count). The summed E-state index contributed by atoms with van der Waals surface area (Å²) in [6.07, 6.45) is 3.24. The lowest BCUT2D eigenvalue weighted by atomic mass is 9.86. The fourth-order valence-corrected chi connectivity index (χ4v) is 7.22. The third kappa shape index (κ3) is 9.52. The Morgan fingerprint density at radius 1 is 1.00 bits per heavy atom. The third-order valence-electron chi connectivity index (χ3n) is 10.1. The molecule has 0 saturated carbocycles. The molecule has 1 amide bonds. The molecule has 14 nitrogen and oxygen atoms in total. The van der Waals surface area contributed by atoms with Gasteiger partial charge >= 0.3 is 12.1 Å². The number of aromatic amines is 1. The minimum Gasteiger partial charge on any atom is -0.506 e. The highest BCUT2D eigenvalue weighted by atomic mass is 16.6. The number of hydrogen-bond acceptors (Lipinski definition) is 12. The van der Waals surface area contributed by atoms with Gasteiger partial charge in [-0.1, -0.05) is 48.5 Å². The fourth-order valence-electron chi connectivity index (χ4n) is 7.22. The van der Waals surface area contributed by atoms with Crippen LogP contribution in [-0.4, -0.2) is 82.6 Å². The van der Waals surface area contributed by atoms with E-state index < -0.39 is 24.2 Å². The largest absolute Gasteiger partial charge is 0.506 e. The molecule has 14 heteroatoms. The van der Waals surface area contributed by atoms with E-state index in [9.17, 15) is 24.6 Å². The summed E-state index contributed by atoms with van der Waals surface area (Å²) >= 11 is 0. The number of carbonyl (C=O) groups is 2. The number of phenolic OH excluding ortho intramolecular Hbond substituents is 1. The molecule has 0 spiro atoms. The van der Waals surface area contributed by atoms with Gasteiger partial charge in [-0.2, -0.15) is 0 Å². The zero-order valence-corrected chi connectivity index (χ0v) is 30.3. The highest BCUT2D eigenvalue weighted by Gasteiger charge is 2.37. The summed E-state index contributed by atoms with van der Waals surface area (Å²) in [5.41, 5.74) is 2.23. The molecule has 55 heavy (non-hydrogen) atoms. The van der Waals surface area contributed by atoms with Gasteiger partial charge in [-0.3, -0.25) is 9.69 Å². The van der Waals surface area contributed by atoms with Gasteiger partial charge in [-0.05, 0) is 92.2 Å². The first-order valence-electron chi connectivity index (χ1n) is 18.6. The zero-order chi connectivity index (χ0) is 38.1. The van der Waals surface area contributed by atoms with Crippen LogP contribution in [0.3, 0.4) is 0 Å². The van der Waals surface area contributed by atoms with Crippen LogP contribution in [0, 0.1) is 5.92 Å². The lowest BCUT2D eigenvalue weighted by Crippen LogP contribution is -2.52. The van der Waals surface area contributed by atoms with E-state index in [0.29, 0.717) is 42.0 Å². The molecule has 3 saturated heterocycles. The normalized spacial score (nSPS) is 18.7. The zero-order valence-electron chi connectivity index (χ0n) is 30.3. The Morgan fingerprint density at radius 3 is 2.62 bits per heavy atom. The minimum atomic E-state index is -0.862. The van der Waals surface area contributed by atoms with Gasteiger partial charge in [-0.15, -0.1) is 0 Å². The Labute approximate surface area is 317 Å². The number of H-pyrrole nitrogens is 1. The molecule has 3 fully saturated rings. The predicted molar refractivity (Wildman–Crippen MR) is 202 cm³/mol. The first-order valence-corrected chi connectivity index (χ1v) is 18.6. The number of aliphatic hydroxyl groups is 1. The van der Waals surface area contributed by atoms with Crippen molar-refractivity contribution in [2.75, 3.05) is 39.3 Å². The van der Waals surface area contributed by atoms with E-state index in [0.717, 1.165) is 43.6 Å². The Balaban J connectivity index is 0.849. The molecule has 3 aliphatic rings. The second-order valence-corrected chi connectivity index (χ2v) is 13.9. The van der Waals surface area contributed by atoms with Crippen molar-refractivity contribution in [2.24, 2.45) is 5.92 Å². The average Bonchev–Trinajstić information content (AvgIpc) is 3.69. The second kappa shape index (κ2) is 17.6. The number of nitrogens with one attached hydrogen (secondary N) is 3. The quantitative estimate of drug-likeness (QED) is 0.0674. The molecule has 0 aliphatic carbocycles. The molecule has 3 aliphatic heterocycles. The maximum atomic E-state index is 13.2. The van der Waals surface area contributed by atoms with E-state index in [-0.39, 0.29) is 54.3 Å². The van der Waals surface area contributed by atoms with E-state index in [1.54, 1.807) is 18.2 Å². The van der Waals surface area contributed by atoms with Crippen molar-refractivity contribution < 1.29 is 38.4 Å². The standard InChI is InChI=1S/C41H45N5O9/c47-32-13-11-30(31-12-14-36(49)44-39(31)32)33(48)22-42-17-4-5-20-52-40(50)34-23-43-37(54-34)25-53-29-10-6-9-28(21-29)38(27-7-2-1-3-8-27)45-41(51)55-35-24-46-18-15-26(35)16-19-46/h1-3,6-14,21,23,26,33,35,38,42,47-48H,4-5,15-20,22,24-25H2,(H,44,49)(H,45,51)/t33-,35-,38?/m0/s1. The number of aromatic hydroxyl groups is 1. The van der Waals surface area contributed by atoms with Crippen LogP contribution < -0.4 is 20.9 Å². The van der Waals surface area contributed by atoms with Crippen LogP contribution in [0.15, 0.2) is 94.3 Å². The van der Waals surface area contributed by atoms with Crippen LogP contribution in [0.5, 0.6) is 11.5 Å². The Morgan fingerprint density at radius 2 is 1.82 bits per heavy atom. The summed E-state index contributed by atoms with van der Waals surface area (Å²) in [5.74, 6) is 0.395. The number of rotatable bonds is 16. The Kier molecular flexibility index (Phi) is 12.1. The van der Waals surface area contributed by atoms with Gasteiger partial charge in [0.2, 0.25) is 17.2 Å². The molecule has 3 aromatic carbocycles. The number of esters is 1. The number of phenols is 1. The molecule has 1 unspecified atom stereocenters. The number of benzene rings is 3. The van der Waals surface area contributed by atoms with Crippen molar-refractivity contribution in [3.8, 4) is 11.5 Å². The predicted octanol–water partition coefficient (Wildman–Crippen LogP) is 4.97. The van der Waals surface area contributed by atoms with Crippen LogP contribution in [0.4, 0.5) is 4.79 Å². The van der Waals surface area contributed by atoms with Crippen LogP contribution in [0.2, 0.25) is 0 Å². The van der Waals surface area contributed by atoms with Crippen molar-refractivity contribution >= 4 is 23.0 Å². The average molecular weight is 752 g/mol. The van der Waals surface area contributed by atoms with Crippen molar-refractivity contribution in [3.63, 3.8) is 0 Å². The van der Waals surface area contributed by atoms with Gasteiger partial charge in [-0.25, -0.2) is 14.6 Å². The minimum absolute atomic E-state index is 0.0306. The molecule has 5 heterocycles. The molecular formula is C41H45N5O9. The van der Waals surface area contributed by atoms with Crippen molar-refractivity contribution in [1.29, 1.82) is 0 Å². The van der Waals surface area contributed by atoms with Gasteiger partial charge in [0.25, 0.3) is 0 Å². The summed E-state index contributed by atoms with van der Waals surface area (Å²) in [6, 6.07) is 22.6. The van der Waals surface area contributed by atoms with Gasteiger partial charge in [0, 0.05) is 24.5 Å². The fraction of sp³-hybridized carbons (Fsp3) is 0.366. The number of amides is 1. The van der Waals surface area contributed by atoms with E-state index in [4.69, 9.17) is 18.6 Å². The number of fused-ring (bicyclic) bond motifs is 4. The first kappa shape index (κ1) is 37.6. The molecule has 3 atom stereocenters. The number of pyridine rings is 1. The second-order valence-electron chi connectivity index (χ2n) is 13.9. The van der Waals surface area contributed by atoms with E-state index in [1.165, 1.54) is 18.3 Å². The smallest absolute Gasteiger partial charge is 0.408 e. The summed E-state index contributed by atoms with van der Waals surface area (Å²) in [6.45, 7) is 3.86. The number of piperidine rings is 3. The Bertz CT molecular complexity index is 2130. The topological polar surface area (TPSA) is 188 Å². The van der Waals surface area contributed by atoms with E-state index >= 15 is 0 Å². The highest BCUT2D eigenvalue weighted by Crippen LogP contribution is 2.31. The number of unbranched alkanes of at least 4 members (excludes halogenated alkanes) is 1. The molecule has 5 N–H and O–H groups in total. The number of hydrogen-bond donors (Lipinski definition) is 5. The summed E-state index contributed by atoms with van der Waals surface area (Å²) in [7, 11) is 0. The monoisotopic (exact) mass is 751 g/mol. The molecule has 2 bridgehead atoms. The summed E-state index contributed by atoms with van der Waals surface area (Å²) in [5, 5.41) is 27.6. The Hall–Kier alpha value is -5.70. The number of oxazole rings is 1. The van der Waals surface area contributed by atoms with Crippen LogP contribution in [0.25, 0.3) is 10.9 Å². The highest BCUT2D eigenvalue weighted by molar-refractivity contribution is 5.87. The van der Waals surface area contributed by atoms with Crippen molar-refractivity contribution in [1.82, 2.24) is 25.5 Å². The van der Waals surface area contributed by atoms with Gasteiger partial charge in [0.1, 0.15) is 17.6 Å². The van der Waals surface area contributed by atoms with Gasteiger partial charge in [0.15, 0.2) is 6.61 Å². The van der Waals surface area contributed by atoms with Crippen molar-refractivity contribution in [3.05, 3.63) is 124 Å². The number of aromatic nitrogens is 2. The number of aliphatic hydroxyl groups excluding tert-OH is 1. The third-order valence-corrected chi connectivity index (χ3v) is 10.1. The molecular weight excluding hydrogens is 706 g/mol. The van der Waals surface area contributed by atoms with Crippen LogP contribution in [0.1, 0.15) is 71.0 Å². The van der Waals surface area contributed by atoms with E-state index in [2.05, 4.69) is 25.5 Å². The molecule has 5 aromatic rings. The van der Waals surface area contributed by atoms with Crippen molar-refractivity contribution in [2.45, 2.75) is 50.5 Å². The van der Waals surface area contributed by atoms with Crippen LogP contribution in [-0.2, 0) is 16.1 Å². The number of alkyl carbamates (subject to hydrolysis) is 1. The maximum absolute atomic E-state index is 13.2. The molecule has 2 aromatic heterocycles. The lowest BCUT2D eigenvalue weighted by Gasteiger charge is -2.43. The SMILES string of the molecule is O=C(NC(c1ccccc1)c1cccc(OCc2ncc(C(=O)OCCCCNC[C@H](O)c3ccc(O)c4[nH]c(=O)ccc34)o2)c1)O[C@H]1CN2CCC1CC2. The number of ether oxygens (including phenoxy) is 3. The number of carbonyl (C=O) groups excluding carboxylic acids is 2. The van der Waals surface area contributed by atoms with Crippen LogP contribution >= 0.6 is 0 Å². The van der Waals surface area contributed by atoms with Gasteiger partial charge in [0.05, 0.1) is 30.5 Å². The summed E-state index contributed by atoms with van der Waals surface area (Å²) < 4.78 is 22.9. The maximum Gasteiger partial charge on any atom is 0.408 e. The molecule has 0 radical (unpaired) electrons. The van der Waals surface area contributed by atoms with Gasteiger partial charge < -0.3 is 44.5 Å². The first-order chi connectivity index (χ1) is 26.8. The summed E-state index contributed by atoms with van der Waals surface area (Å²) in [4.78, 5) is 46.5. The lowest BCUT2D eigenvalue weighted by molar-refractivity contribution is -0.0336. The molecule has 288 valence electrons. The van der Waals surface area contributed by atoms with E-state index in [1.807, 2.05) is 48.5 Å².